The molecule has 0 bridgehead atoms. The summed E-state index contributed by atoms with van der Waals surface area (Å²) in [7, 11) is 1.65. The molecular formula is C25H25N5O4S. The zero-order valence-electron chi connectivity index (χ0n) is 19.3. The van der Waals surface area contributed by atoms with E-state index < -0.39 is 4.92 Å². The minimum atomic E-state index is -0.410. The second-order valence-corrected chi connectivity index (χ2v) is 9.33. The molecule has 0 saturated carbocycles. The summed E-state index contributed by atoms with van der Waals surface area (Å²) < 4.78 is 7.07. The van der Waals surface area contributed by atoms with Gasteiger partial charge in [-0.25, -0.2) is 4.98 Å². The molecule has 1 saturated heterocycles. The van der Waals surface area contributed by atoms with Gasteiger partial charge in [0.2, 0.25) is 5.91 Å². The summed E-state index contributed by atoms with van der Waals surface area (Å²) in [6, 6.07) is 14.4. The largest absolute Gasteiger partial charge is 0.497 e. The zero-order valence-corrected chi connectivity index (χ0v) is 20.1. The highest BCUT2D eigenvalue weighted by atomic mass is 32.1. The Labute approximate surface area is 206 Å². The molecule has 180 valence electrons. The van der Waals surface area contributed by atoms with E-state index in [1.54, 1.807) is 24.5 Å². The van der Waals surface area contributed by atoms with E-state index in [1.165, 1.54) is 12.1 Å². The number of thiazole rings is 1. The molecule has 1 aliphatic heterocycles. The average Bonchev–Trinajstić information content (AvgIpc) is 3.51. The average molecular weight is 492 g/mol. The summed E-state index contributed by atoms with van der Waals surface area (Å²) in [5.74, 6) is 0.878. The van der Waals surface area contributed by atoms with E-state index in [-0.39, 0.29) is 18.1 Å². The number of methoxy groups -OCH3 is 1. The predicted molar refractivity (Wildman–Crippen MR) is 135 cm³/mol. The topological polar surface area (TPSA) is 93.7 Å². The smallest absolute Gasteiger partial charge is 0.270 e. The number of ether oxygens (including phenoxy) is 1. The molecule has 0 N–H and O–H groups in total. The minimum Gasteiger partial charge on any atom is -0.497 e. The van der Waals surface area contributed by atoms with E-state index in [9.17, 15) is 14.9 Å². The Balaban J connectivity index is 1.15. The van der Waals surface area contributed by atoms with Crippen LogP contribution in [-0.4, -0.2) is 63.5 Å². The minimum absolute atomic E-state index is 0.0499. The van der Waals surface area contributed by atoms with Crippen LogP contribution in [0, 0.1) is 10.1 Å². The van der Waals surface area contributed by atoms with Crippen molar-refractivity contribution in [2.24, 2.45) is 0 Å². The van der Waals surface area contributed by atoms with E-state index in [2.05, 4.69) is 10.3 Å². The molecule has 35 heavy (non-hydrogen) atoms. The number of fused-ring (bicyclic) bond motifs is 1. The lowest BCUT2D eigenvalue weighted by molar-refractivity contribution is -0.384. The number of carbonyl (C=O) groups is 1. The van der Waals surface area contributed by atoms with Crippen LogP contribution in [0.3, 0.4) is 0 Å². The fourth-order valence-corrected chi connectivity index (χ4v) is 5.13. The van der Waals surface area contributed by atoms with Crippen LogP contribution in [0.5, 0.6) is 5.75 Å². The molecule has 0 unspecified atom stereocenters. The number of nitro groups is 1. The number of non-ortho nitro benzene ring substituents is 1. The van der Waals surface area contributed by atoms with Crippen molar-refractivity contribution in [2.75, 3.05) is 33.3 Å². The second kappa shape index (κ2) is 9.85. The molecule has 5 rings (SSSR count). The second-order valence-electron chi connectivity index (χ2n) is 8.47. The zero-order chi connectivity index (χ0) is 24.4. The van der Waals surface area contributed by atoms with Gasteiger partial charge >= 0.3 is 0 Å². The van der Waals surface area contributed by atoms with Crippen LogP contribution in [0.1, 0.15) is 5.69 Å². The van der Waals surface area contributed by atoms with Gasteiger partial charge in [-0.05, 0) is 36.4 Å². The van der Waals surface area contributed by atoms with E-state index in [0.29, 0.717) is 13.1 Å². The van der Waals surface area contributed by atoms with Gasteiger partial charge in [0.05, 0.1) is 17.7 Å². The summed E-state index contributed by atoms with van der Waals surface area (Å²) in [6.45, 7) is 3.89. The molecule has 1 amide bonds. The van der Waals surface area contributed by atoms with E-state index in [4.69, 9.17) is 9.72 Å². The quantitative estimate of drug-likeness (QED) is 0.286. The predicted octanol–water partition coefficient (Wildman–Crippen LogP) is 4.03. The highest BCUT2D eigenvalue weighted by Gasteiger charge is 2.22. The lowest BCUT2D eigenvalue weighted by Gasteiger charge is -2.34. The van der Waals surface area contributed by atoms with Crippen molar-refractivity contribution in [3.8, 4) is 16.3 Å². The van der Waals surface area contributed by atoms with Gasteiger partial charge in [0.1, 0.15) is 17.3 Å². The Kier molecular flexibility index (Phi) is 6.47. The summed E-state index contributed by atoms with van der Waals surface area (Å²) >= 11 is 1.63. The van der Waals surface area contributed by atoms with Crippen molar-refractivity contribution in [3.05, 3.63) is 75.9 Å². The number of piperazine rings is 1. The van der Waals surface area contributed by atoms with E-state index in [1.807, 2.05) is 46.0 Å². The van der Waals surface area contributed by atoms with Gasteiger partial charge in [-0.1, -0.05) is 0 Å². The molecule has 0 radical (unpaired) electrons. The van der Waals surface area contributed by atoms with Gasteiger partial charge in [0.25, 0.3) is 5.69 Å². The Morgan fingerprint density at radius 2 is 1.89 bits per heavy atom. The summed E-state index contributed by atoms with van der Waals surface area (Å²) in [5.41, 5.74) is 2.98. The van der Waals surface area contributed by atoms with Gasteiger partial charge in [0.15, 0.2) is 0 Å². The lowest BCUT2D eigenvalue weighted by Crippen LogP contribution is -2.49. The fourth-order valence-electron chi connectivity index (χ4n) is 4.31. The highest BCUT2D eigenvalue weighted by molar-refractivity contribution is 7.13. The molecule has 3 heterocycles. The van der Waals surface area contributed by atoms with Crippen molar-refractivity contribution < 1.29 is 14.5 Å². The summed E-state index contributed by atoms with van der Waals surface area (Å²) in [5, 5.41) is 14.8. The lowest BCUT2D eigenvalue weighted by atomic mass is 10.2. The van der Waals surface area contributed by atoms with Crippen molar-refractivity contribution in [2.45, 2.75) is 13.1 Å². The maximum absolute atomic E-state index is 12.9. The number of hydrogen-bond acceptors (Lipinski definition) is 7. The van der Waals surface area contributed by atoms with Crippen molar-refractivity contribution in [1.82, 2.24) is 19.4 Å². The molecule has 10 heteroatoms. The monoisotopic (exact) mass is 491 g/mol. The van der Waals surface area contributed by atoms with Crippen LogP contribution in [-0.2, 0) is 17.9 Å². The van der Waals surface area contributed by atoms with Gasteiger partial charge in [-0.2, -0.15) is 0 Å². The number of benzene rings is 2. The number of nitro benzene ring substituents is 1. The first-order valence-corrected chi connectivity index (χ1v) is 12.2. The third kappa shape index (κ3) is 5.03. The van der Waals surface area contributed by atoms with Crippen molar-refractivity contribution in [3.63, 3.8) is 0 Å². The van der Waals surface area contributed by atoms with Gasteiger partial charge < -0.3 is 14.2 Å². The summed E-state index contributed by atoms with van der Waals surface area (Å²) in [6.07, 6.45) is 1.81. The maximum Gasteiger partial charge on any atom is 0.270 e. The normalized spacial score (nSPS) is 14.4. The molecule has 0 atom stereocenters. The Bertz CT molecular complexity index is 1360. The number of hydrogen-bond donors (Lipinski definition) is 0. The van der Waals surface area contributed by atoms with Crippen LogP contribution in [0.15, 0.2) is 60.1 Å². The first kappa shape index (κ1) is 23.0. The number of nitrogens with zero attached hydrogens (tertiary/aromatic N) is 5. The number of carbonyl (C=O) groups excluding carboxylic acids is 1. The Hall–Kier alpha value is -3.76. The number of rotatable bonds is 7. The molecule has 0 aliphatic carbocycles. The standard InChI is InChI=1S/C25H25N5O4S/c1-34-22-5-2-18(3-6-22)25-26-20(17-35-25)15-27-10-12-28(13-11-27)24(31)16-29-9-8-19-14-21(30(32)33)4-7-23(19)29/h2-9,14,17H,10-13,15-16H2,1H3. The van der Waals surface area contributed by atoms with E-state index in [0.717, 1.165) is 52.6 Å². The Morgan fingerprint density at radius 3 is 2.60 bits per heavy atom. The van der Waals surface area contributed by atoms with Crippen LogP contribution < -0.4 is 4.74 Å². The number of aromatic nitrogens is 2. The van der Waals surface area contributed by atoms with Crippen LogP contribution in [0.2, 0.25) is 0 Å². The van der Waals surface area contributed by atoms with Crippen LogP contribution in [0.4, 0.5) is 5.69 Å². The third-order valence-electron chi connectivity index (χ3n) is 6.27. The summed E-state index contributed by atoms with van der Waals surface area (Å²) in [4.78, 5) is 32.5. The highest BCUT2D eigenvalue weighted by Crippen LogP contribution is 2.26. The van der Waals surface area contributed by atoms with Gasteiger partial charge in [0, 0.05) is 72.9 Å². The first-order chi connectivity index (χ1) is 17.0. The Morgan fingerprint density at radius 1 is 1.11 bits per heavy atom. The number of amides is 1. The third-order valence-corrected chi connectivity index (χ3v) is 7.21. The van der Waals surface area contributed by atoms with Gasteiger partial charge in [-0.15, -0.1) is 11.3 Å². The maximum atomic E-state index is 12.9. The first-order valence-electron chi connectivity index (χ1n) is 11.3. The SMILES string of the molecule is COc1ccc(-c2nc(CN3CCN(C(=O)Cn4ccc5cc([N+](=O)[O-])ccc54)CC3)cs2)cc1. The molecule has 0 spiro atoms. The molecule has 2 aromatic heterocycles. The van der Waals surface area contributed by atoms with E-state index >= 15 is 0 Å². The van der Waals surface area contributed by atoms with Crippen molar-refractivity contribution >= 4 is 33.8 Å². The molecule has 4 aromatic rings. The molecule has 1 fully saturated rings. The molecular weight excluding hydrogens is 466 g/mol. The fraction of sp³-hybridized carbons (Fsp3) is 0.280. The van der Waals surface area contributed by atoms with Gasteiger partial charge in [-0.3, -0.25) is 19.8 Å². The van der Waals surface area contributed by atoms with Crippen LogP contribution >= 0.6 is 11.3 Å². The molecule has 2 aromatic carbocycles. The van der Waals surface area contributed by atoms with Crippen molar-refractivity contribution in [1.29, 1.82) is 0 Å². The molecule has 1 aliphatic rings. The van der Waals surface area contributed by atoms with Crippen LogP contribution in [0.25, 0.3) is 21.5 Å². The molecule has 9 nitrogen and oxygen atoms in total.